The fraction of sp³-hybridized carbons (Fsp3) is 0.529. The van der Waals surface area contributed by atoms with E-state index in [0.29, 0.717) is 39.1 Å². The summed E-state index contributed by atoms with van der Waals surface area (Å²) in [4.78, 5) is 25.9. The summed E-state index contributed by atoms with van der Waals surface area (Å²) in [6, 6.07) is 6.45. The lowest BCUT2D eigenvalue weighted by molar-refractivity contribution is -0.137. The van der Waals surface area contributed by atoms with Gasteiger partial charge in [0.1, 0.15) is 12.4 Å². The van der Waals surface area contributed by atoms with Crippen molar-refractivity contribution in [3.8, 4) is 5.75 Å². The van der Waals surface area contributed by atoms with Crippen LogP contribution in [0.15, 0.2) is 24.3 Å². The van der Waals surface area contributed by atoms with Crippen LogP contribution in [0.1, 0.15) is 23.2 Å². The van der Waals surface area contributed by atoms with Crippen molar-refractivity contribution in [2.24, 2.45) is 0 Å². The highest BCUT2D eigenvalue weighted by Gasteiger charge is 2.24. The third-order valence-electron chi connectivity index (χ3n) is 3.99. The summed E-state index contributed by atoms with van der Waals surface area (Å²) in [5, 5.41) is 12.6. The van der Waals surface area contributed by atoms with Crippen LogP contribution in [0.5, 0.6) is 5.75 Å². The number of piperidine rings is 1. The van der Waals surface area contributed by atoms with Crippen LogP contribution >= 0.6 is 0 Å². The molecule has 2 amide bonds. The van der Waals surface area contributed by atoms with Gasteiger partial charge in [-0.05, 0) is 25.0 Å². The standard InChI is InChI=1S/C17H24N2O5/c1-23-10-11-24-12-16(21)19-8-6-13(7-9-19)18-17(22)14-4-2-3-5-15(14)20/h2-5,13,20H,6-12H2,1H3,(H,18,22). The molecule has 1 fully saturated rings. The zero-order valence-electron chi connectivity index (χ0n) is 13.9. The molecular formula is C17H24N2O5. The number of nitrogens with zero attached hydrogens (tertiary/aromatic N) is 1. The van der Waals surface area contributed by atoms with E-state index < -0.39 is 0 Å². The minimum Gasteiger partial charge on any atom is -0.507 e. The number of para-hydroxylation sites is 1. The number of hydrogen-bond acceptors (Lipinski definition) is 5. The lowest BCUT2D eigenvalue weighted by Gasteiger charge is -2.32. The van der Waals surface area contributed by atoms with Gasteiger partial charge in [-0.2, -0.15) is 0 Å². The quantitative estimate of drug-likeness (QED) is 0.718. The van der Waals surface area contributed by atoms with E-state index in [2.05, 4.69) is 5.32 Å². The third-order valence-corrected chi connectivity index (χ3v) is 3.99. The molecule has 7 heteroatoms. The van der Waals surface area contributed by atoms with Crippen molar-refractivity contribution in [2.75, 3.05) is 40.0 Å². The molecule has 24 heavy (non-hydrogen) atoms. The molecule has 0 radical (unpaired) electrons. The number of hydrogen-bond donors (Lipinski definition) is 2. The number of carbonyl (C=O) groups excluding carboxylic acids is 2. The van der Waals surface area contributed by atoms with E-state index in [0.717, 1.165) is 0 Å². The number of nitrogens with one attached hydrogen (secondary N) is 1. The van der Waals surface area contributed by atoms with Gasteiger partial charge in [-0.1, -0.05) is 12.1 Å². The highest BCUT2D eigenvalue weighted by molar-refractivity contribution is 5.96. The predicted molar refractivity (Wildman–Crippen MR) is 87.9 cm³/mol. The fourth-order valence-corrected chi connectivity index (χ4v) is 2.60. The van der Waals surface area contributed by atoms with Crippen LogP contribution in [0.4, 0.5) is 0 Å². The Kier molecular flexibility index (Phi) is 7.02. The molecule has 0 spiro atoms. The topological polar surface area (TPSA) is 88.1 Å². The first-order valence-electron chi connectivity index (χ1n) is 8.05. The molecule has 0 aliphatic carbocycles. The van der Waals surface area contributed by atoms with Crippen LogP contribution in [0, 0.1) is 0 Å². The van der Waals surface area contributed by atoms with Gasteiger partial charge in [-0.25, -0.2) is 0 Å². The van der Waals surface area contributed by atoms with Crippen LogP contribution < -0.4 is 5.32 Å². The van der Waals surface area contributed by atoms with Gasteiger partial charge >= 0.3 is 0 Å². The Morgan fingerprint density at radius 2 is 1.96 bits per heavy atom. The molecule has 0 bridgehead atoms. The Hall–Kier alpha value is -2.12. The first kappa shape index (κ1) is 18.2. The van der Waals surface area contributed by atoms with E-state index >= 15 is 0 Å². The first-order valence-corrected chi connectivity index (χ1v) is 8.05. The number of rotatable bonds is 7. The normalized spacial score (nSPS) is 15.3. The van der Waals surface area contributed by atoms with Gasteiger partial charge < -0.3 is 24.8 Å². The number of phenols is 1. The van der Waals surface area contributed by atoms with Crippen molar-refractivity contribution in [1.82, 2.24) is 10.2 Å². The van der Waals surface area contributed by atoms with Gasteiger partial charge in [0.25, 0.3) is 5.91 Å². The molecule has 1 aromatic rings. The largest absolute Gasteiger partial charge is 0.507 e. The van der Waals surface area contributed by atoms with E-state index in [1.165, 1.54) is 6.07 Å². The highest BCUT2D eigenvalue weighted by Crippen LogP contribution is 2.17. The molecule has 0 saturated carbocycles. The molecule has 0 unspecified atom stereocenters. The molecule has 1 heterocycles. The minimum atomic E-state index is -0.291. The van der Waals surface area contributed by atoms with Gasteiger partial charge in [0.05, 0.1) is 18.8 Å². The molecule has 7 nitrogen and oxygen atoms in total. The van der Waals surface area contributed by atoms with E-state index in [4.69, 9.17) is 9.47 Å². The van der Waals surface area contributed by atoms with E-state index in [9.17, 15) is 14.7 Å². The zero-order valence-corrected chi connectivity index (χ0v) is 13.9. The maximum absolute atomic E-state index is 12.2. The number of carbonyl (C=O) groups is 2. The number of likely N-dealkylation sites (tertiary alicyclic amines) is 1. The number of methoxy groups -OCH3 is 1. The summed E-state index contributed by atoms with van der Waals surface area (Å²) in [6.07, 6.45) is 1.37. The summed E-state index contributed by atoms with van der Waals surface area (Å²) in [6.45, 7) is 2.08. The summed E-state index contributed by atoms with van der Waals surface area (Å²) < 4.78 is 10.1. The summed E-state index contributed by atoms with van der Waals surface area (Å²) in [5.41, 5.74) is 0.266. The second kappa shape index (κ2) is 9.24. The average molecular weight is 336 g/mol. The Bertz CT molecular complexity index is 556. The monoisotopic (exact) mass is 336 g/mol. The van der Waals surface area contributed by atoms with Crippen molar-refractivity contribution in [3.63, 3.8) is 0 Å². The number of amides is 2. The Balaban J connectivity index is 1.73. The molecule has 1 aromatic carbocycles. The van der Waals surface area contributed by atoms with Crippen LogP contribution in [-0.4, -0.2) is 67.9 Å². The van der Waals surface area contributed by atoms with Crippen molar-refractivity contribution in [1.29, 1.82) is 0 Å². The minimum absolute atomic E-state index is 0.00411. The molecular weight excluding hydrogens is 312 g/mol. The molecule has 1 saturated heterocycles. The van der Waals surface area contributed by atoms with Crippen molar-refractivity contribution in [2.45, 2.75) is 18.9 Å². The van der Waals surface area contributed by atoms with Crippen LogP contribution in [0.2, 0.25) is 0 Å². The summed E-state index contributed by atoms with van der Waals surface area (Å²) >= 11 is 0. The number of benzene rings is 1. The maximum Gasteiger partial charge on any atom is 0.255 e. The molecule has 1 aliphatic rings. The predicted octanol–water partition coefficient (Wildman–Crippen LogP) is 0.776. The molecule has 132 valence electrons. The average Bonchev–Trinajstić information content (AvgIpc) is 2.59. The van der Waals surface area contributed by atoms with Crippen molar-refractivity contribution >= 4 is 11.8 Å². The second-order valence-electron chi connectivity index (χ2n) is 5.69. The van der Waals surface area contributed by atoms with Gasteiger partial charge in [0, 0.05) is 26.2 Å². The summed E-state index contributed by atoms with van der Waals surface area (Å²) in [7, 11) is 1.58. The lowest BCUT2D eigenvalue weighted by atomic mass is 10.0. The third kappa shape index (κ3) is 5.21. The Morgan fingerprint density at radius 1 is 1.25 bits per heavy atom. The van der Waals surface area contributed by atoms with Gasteiger partial charge in [-0.3, -0.25) is 9.59 Å². The zero-order chi connectivity index (χ0) is 17.4. The smallest absolute Gasteiger partial charge is 0.255 e. The molecule has 1 aliphatic heterocycles. The van der Waals surface area contributed by atoms with Crippen LogP contribution in [0.25, 0.3) is 0 Å². The van der Waals surface area contributed by atoms with Gasteiger partial charge in [-0.15, -0.1) is 0 Å². The molecule has 2 rings (SSSR count). The van der Waals surface area contributed by atoms with Crippen LogP contribution in [0.3, 0.4) is 0 Å². The van der Waals surface area contributed by atoms with Crippen molar-refractivity contribution < 1.29 is 24.2 Å². The van der Waals surface area contributed by atoms with E-state index in [-0.39, 0.29) is 35.8 Å². The summed E-state index contributed by atoms with van der Waals surface area (Å²) in [5.74, 6) is -0.367. The number of phenolic OH excluding ortho intramolecular Hbond substituents is 1. The van der Waals surface area contributed by atoms with E-state index in [1.807, 2.05) is 0 Å². The van der Waals surface area contributed by atoms with Crippen LogP contribution in [-0.2, 0) is 14.3 Å². The highest BCUT2D eigenvalue weighted by atomic mass is 16.5. The SMILES string of the molecule is COCCOCC(=O)N1CCC(NC(=O)c2ccccc2O)CC1. The Morgan fingerprint density at radius 3 is 2.62 bits per heavy atom. The van der Waals surface area contributed by atoms with Gasteiger partial charge in [0.2, 0.25) is 5.91 Å². The van der Waals surface area contributed by atoms with Gasteiger partial charge in [0.15, 0.2) is 0 Å². The Labute approximate surface area is 141 Å². The van der Waals surface area contributed by atoms with E-state index in [1.54, 1.807) is 30.2 Å². The second-order valence-corrected chi connectivity index (χ2v) is 5.69. The number of aromatic hydroxyl groups is 1. The lowest BCUT2D eigenvalue weighted by Crippen LogP contribution is -2.47. The molecule has 2 N–H and O–H groups in total. The fourth-order valence-electron chi connectivity index (χ4n) is 2.60. The molecule has 0 atom stereocenters. The van der Waals surface area contributed by atoms with Crippen molar-refractivity contribution in [3.05, 3.63) is 29.8 Å². The first-order chi connectivity index (χ1) is 11.6. The number of ether oxygens (including phenoxy) is 2. The molecule has 0 aromatic heterocycles. The maximum atomic E-state index is 12.2.